The number of hydrogen-bond donors (Lipinski definition) is 1. The second-order valence-corrected chi connectivity index (χ2v) is 4.99. The highest BCUT2D eigenvalue weighted by Crippen LogP contribution is 2.16. The Morgan fingerprint density at radius 3 is 3.00 bits per heavy atom. The van der Waals surface area contributed by atoms with Crippen LogP contribution < -0.4 is 10.9 Å². The third kappa shape index (κ3) is 2.39. The van der Waals surface area contributed by atoms with Gasteiger partial charge in [-0.1, -0.05) is 0 Å². The van der Waals surface area contributed by atoms with Gasteiger partial charge in [-0.15, -0.1) is 11.3 Å². The molecule has 1 aromatic carbocycles. The Kier molecular flexibility index (Phi) is 3.19. The van der Waals surface area contributed by atoms with Crippen molar-refractivity contribution in [3.05, 3.63) is 63.5 Å². The summed E-state index contributed by atoms with van der Waals surface area (Å²) in [6, 6.07) is 4.51. The van der Waals surface area contributed by atoms with Gasteiger partial charge in [-0.05, 0) is 18.2 Å². The van der Waals surface area contributed by atoms with Gasteiger partial charge in [-0.25, -0.2) is 13.8 Å². The van der Waals surface area contributed by atoms with Gasteiger partial charge in [-0.2, -0.15) is 0 Å². The summed E-state index contributed by atoms with van der Waals surface area (Å²) in [7, 11) is 0. The van der Waals surface area contributed by atoms with Crippen molar-refractivity contribution in [2.24, 2.45) is 0 Å². The van der Waals surface area contributed by atoms with Crippen LogP contribution in [0.3, 0.4) is 0 Å². The second-order valence-electron chi connectivity index (χ2n) is 4.12. The number of hydrogen-bond acceptors (Lipinski definition) is 4. The highest BCUT2D eigenvalue weighted by Gasteiger charge is 2.06. The zero-order valence-corrected chi connectivity index (χ0v) is 11.0. The number of anilines is 1. The Morgan fingerprint density at radius 2 is 2.15 bits per heavy atom. The molecule has 0 aliphatic rings. The Hall–Kier alpha value is -2.28. The molecule has 0 amide bonds. The topological polar surface area (TPSA) is 46.4 Å². The lowest BCUT2D eigenvalue weighted by atomic mass is 10.3. The van der Waals surface area contributed by atoms with Crippen LogP contribution in [0.1, 0.15) is 5.69 Å². The summed E-state index contributed by atoms with van der Waals surface area (Å²) in [4.78, 5) is 16.6. The number of benzene rings is 1. The normalized spacial score (nSPS) is 10.9. The number of halogens is 2. The summed E-state index contributed by atoms with van der Waals surface area (Å²) in [6.45, 7) is 0.143. The van der Waals surface area contributed by atoms with Crippen LogP contribution in [-0.2, 0) is 6.54 Å². The molecule has 7 heteroatoms. The van der Waals surface area contributed by atoms with Gasteiger partial charge in [0, 0.05) is 17.6 Å². The molecular weight excluding hydrogens is 284 g/mol. The standard InChI is InChI=1S/C13H9F2N3OS/c14-8-1-2-10(15)11(5-8)16-7-9-6-12(19)18-3-4-20-13(18)17-9/h1-6,16H,7H2. The minimum absolute atomic E-state index is 0.0400. The van der Waals surface area contributed by atoms with E-state index in [2.05, 4.69) is 10.3 Å². The molecule has 2 aromatic heterocycles. The van der Waals surface area contributed by atoms with E-state index in [0.29, 0.717) is 10.7 Å². The fourth-order valence-corrected chi connectivity index (χ4v) is 2.54. The number of fused-ring (bicyclic) bond motifs is 1. The van der Waals surface area contributed by atoms with E-state index in [1.807, 2.05) is 0 Å². The van der Waals surface area contributed by atoms with Gasteiger partial charge in [0.15, 0.2) is 4.96 Å². The smallest absolute Gasteiger partial charge is 0.258 e. The van der Waals surface area contributed by atoms with E-state index in [1.54, 1.807) is 11.6 Å². The molecule has 0 unspecified atom stereocenters. The van der Waals surface area contributed by atoms with Gasteiger partial charge in [0.25, 0.3) is 5.56 Å². The van der Waals surface area contributed by atoms with Crippen molar-refractivity contribution >= 4 is 22.0 Å². The predicted octanol–water partition coefficient (Wildman–Crippen LogP) is 2.65. The van der Waals surface area contributed by atoms with Gasteiger partial charge < -0.3 is 5.32 Å². The van der Waals surface area contributed by atoms with Gasteiger partial charge in [-0.3, -0.25) is 9.20 Å². The zero-order chi connectivity index (χ0) is 14.1. The van der Waals surface area contributed by atoms with Crippen molar-refractivity contribution in [2.45, 2.75) is 6.54 Å². The maximum Gasteiger partial charge on any atom is 0.258 e. The molecule has 0 bridgehead atoms. The fourth-order valence-electron chi connectivity index (χ4n) is 1.80. The average molecular weight is 293 g/mol. The molecule has 3 aromatic rings. The first-order valence-electron chi connectivity index (χ1n) is 5.78. The van der Waals surface area contributed by atoms with Crippen LogP contribution >= 0.6 is 11.3 Å². The summed E-state index contributed by atoms with van der Waals surface area (Å²) >= 11 is 1.33. The van der Waals surface area contributed by atoms with Crippen LogP contribution in [-0.4, -0.2) is 9.38 Å². The van der Waals surface area contributed by atoms with E-state index in [4.69, 9.17) is 0 Å². The first-order chi connectivity index (χ1) is 9.63. The minimum Gasteiger partial charge on any atom is -0.377 e. The molecule has 2 heterocycles. The molecule has 0 aliphatic heterocycles. The Bertz CT molecular complexity index is 828. The molecule has 1 N–H and O–H groups in total. The van der Waals surface area contributed by atoms with E-state index >= 15 is 0 Å². The molecule has 0 radical (unpaired) electrons. The molecule has 20 heavy (non-hydrogen) atoms. The summed E-state index contributed by atoms with van der Waals surface area (Å²) in [5.74, 6) is -1.09. The van der Waals surface area contributed by atoms with Crippen molar-refractivity contribution in [1.29, 1.82) is 0 Å². The fraction of sp³-hybridized carbons (Fsp3) is 0.0769. The monoisotopic (exact) mass is 293 g/mol. The quantitative estimate of drug-likeness (QED) is 0.807. The molecule has 0 aliphatic carbocycles. The van der Waals surface area contributed by atoms with E-state index in [-0.39, 0.29) is 17.8 Å². The SMILES string of the molecule is O=c1cc(CNc2cc(F)ccc2F)nc2sccn12. The largest absolute Gasteiger partial charge is 0.377 e. The molecule has 3 rings (SSSR count). The number of nitrogens with zero attached hydrogens (tertiary/aromatic N) is 2. The predicted molar refractivity (Wildman–Crippen MR) is 73.0 cm³/mol. The molecule has 102 valence electrons. The first kappa shape index (κ1) is 12.7. The van der Waals surface area contributed by atoms with Gasteiger partial charge in [0.05, 0.1) is 17.9 Å². The van der Waals surface area contributed by atoms with Crippen LogP contribution in [0.4, 0.5) is 14.5 Å². The lowest BCUT2D eigenvalue weighted by molar-refractivity contribution is 0.602. The lowest BCUT2D eigenvalue weighted by Gasteiger charge is -2.07. The Morgan fingerprint density at radius 1 is 1.30 bits per heavy atom. The number of thiazole rings is 1. The van der Waals surface area contributed by atoms with Crippen LogP contribution in [0.15, 0.2) is 40.6 Å². The maximum atomic E-state index is 13.4. The van der Waals surface area contributed by atoms with Crippen molar-refractivity contribution in [3.8, 4) is 0 Å². The molecule has 0 saturated carbocycles. The summed E-state index contributed by atoms with van der Waals surface area (Å²) in [5.41, 5.74) is 0.312. The maximum absolute atomic E-state index is 13.4. The summed E-state index contributed by atoms with van der Waals surface area (Å²) in [6.07, 6.45) is 1.64. The summed E-state index contributed by atoms with van der Waals surface area (Å²) < 4.78 is 27.9. The van der Waals surface area contributed by atoms with Crippen LogP contribution in [0.2, 0.25) is 0 Å². The highest BCUT2D eigenvalue weighted by atomic mass is 32.1. The lowest BCUT2D eigenvalue weighted by Crippen LogP contribution is -2.15. The average Bonchev–Trinajstić information content (AvgIpc) is 2.89. The Balaban J connectivity index is 1.86. The van der Waals surface area contributed by atoms with E-state index in [0.717, 1.165) is 18.2 Å². The molecule has 0 fully saturated rings. The summed E-state index contributed by atoms with van der Waals surface area (Å²) in [5, 5.41) is 4.49. The van der Waals surface area contributed by atoms with Crippen molar-refractivity contribution in [3.63, 3.8) is 0 Å². The molecule has 4 nitrogen and oxygen atoms in total. The Labute approximate surface area is 116 Å². The van der Waals surface area contributed by atoms with Gasteiger partial charge >= 0.3 is 0 Å². The number of rotatable bonds is 3. The third-order valence-electron chi connectivity index (χ3n) is 2.74. The van der Waals surface area contributed by atoms with Crippen LogP contribution in [0, 0.1) is 11.6 Å². The molecule has 0 saturated heterocycles. The zero-order valence-electron chi connectivity index (χ0n) is 10.1. The number of aromatic nitrogens is 2. The van der Waals surface area contributed by atoms with Crippen LogP contribution in [0.25, 0.3) is 4.96 Å². The molecule has 0 spiro atoms. The molecular formula is C13H9F2N3OS. The van der Waals surface area contributed by atoms with Gasteiger partial charge in [0.2, 0.25) is 0 Å². The van der Waals surface area contributed by atoms with Crippen molar-refractivity contribution in [1.82, 2.24) is 9.38 Å². The second kappa shape index (κ2) is 5.01. The highest BCUT2D eigenvalue weighted by molar-refractivity contribution is 7.15. The van der Waals surface area contributed by atoms with Crippen molar-refractivity contribution in [2.75, 3.05) is 5.32 Å². The molecule has 0 atom stereocenters. The van der Waals surface area contributed by atoms with E-state index in [9.17, 15) is 13.6 Å². The third-order valence-corrected chi connectivity index (χ3v) is 3.50. The van der Waals surface area contributed by atoms with E-state index in [1.165, 1.54) is 21.8 Å². The van der Waals surface area contributed by atoms with Crippen molar-refractivity contribution < 1.29 is 8.78 Å². The number of nitrogens with one attached hydrogen (secondary N) is 1. The van der Waals surface area contributed by atoms with E-state index < -0.39 is 11.6 Å². The van der Waals surface area contributed by atoms with Gasteiger partial charge in [0.1, 0.15) is 11.6 Å². The van der Waals surface area contributed by atoms with Crippen LogP contribution in [0.5, 0.6) is 0 Å². The minimum atomic E-state index is -0.555. The first-order valence-corrected chi connectivity index (χ1v) is 6.66.